The molecule has 5 heteroatoms. The molecule has 16 heavy (non-hydrogen) atoms. The molecule has 1 heterocycles. The molecule has 0 radical (unpaired) electrons. The van der Waals surface area contributed by atoms with Crippen LogP contribution in [0.15, 0.2) is 28.9 Å². The summed E-state index contributed by atoms with van der Waals surface area (Å²) >= 11 is 0. The molecular formula is C11H10F2N2O. The van der Waals surface area contributed by atoms with Gasteiger partial charge in [0.05, 0.1) is 11.3 Å². The van der Waals surface area contributed by atoms with Crippen LogP contribution in [0.4, 0.5) is 8.78 Å². The van der Waals surface area contributed by atoms with Crippen LogP contribution in [-0.4, -0.2) is 11.5 Å². The van der Waals surface area contributed by atoms with Crippen molar-refractivity contribution in [2.24, 2.45) is 5.73 Å². The van der Waals surface area contributed by atoms with Crippen LogP contribution < -0.4 is 5.73 Å². The van der Waals surface area contributed by atoms with Crippen molar-refractivity contribution in [1.29, 1.82) is 0 Å². The molecule has 0 bridgehead atoms. The van der Waals surface area contributed by atoms with Gasteiger partial charge in [-0.25, -0.2) is 13.8 Å². The van der Waals surface area contributed by atoms with Gasteiger partial charge in [-0.2, -0.15) is 0 Å². The molecule has 0 unspecified atom stereocenters. The Morgan fingerprint density at radius 2 is 2.12 bits per heavy atom. The third kappa shape index (κ3) is 2.09. The molecule has 0 amide bonds. The summed E-state index contributed by atoms with van der Waals surface area (Å²) in [5.41, 5.74) is 6.15. The summed E-state index contributed by atoms with van der Waals surface area (Å²) < 4.78 is 31.1. The monoisotopic (exact) mass is 224 g/mol. The zero-order chi connectivity index (χ0) is 11.5. The normalized spacial score (nSPS) is 10.7. The van der Waals surface area contributed by atoms with Crippen molar-refractivity contribution in [2.45, 2.75) is 6.42 Å². The van der Waals surface area contributed by atoms with E-state index >= 15 is 0 Å². The van der Waals surface area contributed by atoms with Gasteiger partial charge in [-0.1, -0.05) is 0 Å². The van der Waals surface area contributed by atoms with E-state index in [0.717, 1.165) is 12.1 Å². The number of hydrogen-bond acceptors (Lipinski definition) is 3. The van der Waals surface area contributed by atoms with E-state index in [1.165, 1.54) is 12.3 Å². The molecule has 0 aliphatic carbocycles. The summed E-state index contributed by atoms with van der Waals surface area (Å²) in [4.78, 5) is 4.05. The molecule has 0 aliphatic heterocycles. The van der Waals surface area contributed by atoms with Gasteiger partial charge in [0.1, 0.15) is 17.9 Å². The second kappa shape index (κ2) is 4.40. The quantitative estimate of drug-likeness (QED) is 0.868. The lowest BCUT2D eigenvalue weighted by molar-refractivity contribution is 0.553. The van der Waals surface area contributed by atoms with Crippen molar-refractivity contribution in [1.82, 2.24) is 4.98 Å². The van der Waals surface area contributed by atoms with Gasteiger partial charge in [-0.15, -0.1) is 0 Å². The molecule has 2 aromatic rings. The first-order chi connectivity index (χ1) is 7.70. The van der Waals surface area contributed by atoms with Gasteiger partial charge in [-0.05, 0) is 18.7 Å². The first-order valence-electron chi connectivity index (χ1n) is 4.80. The van der Waals surface area contributed by atoms with E-state index in [1.54, 1.807) is 0 Å². The second-order valence-corrected chi connectivity index (χ2v) is 3.31. The number of nitrogens with two attached hydrogens (primary N) is 1. The summed E-state index contributed by atoms with van der Waals surface area (Å²) in [5.74, 6) is -1.18. The molecule has 0 fully saturated rings. The zero-order valence-electron chi connectivity index (χ0n) is 8.41. The fraction of sp³-hybridized carbons (Fsp3) is 0.182. The maximum Gasteiger partial charge on any atom is 0.229 e. The molecule has 0 saturated heterocycles. The van der Waals surface area contributed by atoms with Crippen LogP contribution in [0.25, 0.3) is 11.5 Å². The first-order valence-corrected chi connectivity index (χ1v) is 4.80. The Kier molecular flexibility index (Phi) is 2.96. The first kappa shape index (κ1) is 10.8. The van der Waals surface area contributed by atoms with Gasteiger partial charge in [0, 0.05) is 12.5 Å². The van der Waals surface area contributed by atoms with Crippen LogP contribution in [-0.2, 0) is 6.42 Å². The number of benzene rings is 1. The van der Waals surface area contributed by atoms with E-state index in [2.05, 4.69) is 4.98 Å². The van der Waals surface area contributed by atoms with E-state index in [-0.39, 0.29) is 11.5 Å². The average molecular weight is 224 g/mol. The molecule has 1 aromatic heterocycles. The van der Waals surface area contributed by atoms with Crippen molar-refractivity contribution in [3.05, 3.63) is 41.8 Å². The predicted molar refractivity (Wildman–Crippen MR) is 54.6 cm³/mol. The van der Waals surface area contributed by atoms with Gasteiger partial charge >= 0.3 is 0 Å². The maximum absolute atomic E-state index is 13.4. The third-order valence-electron chi connectivity index (χ3n) is 2.11. The van der Waals surface area contributed by atoms with Crippen molar-refractivity contribution < 1.29 is 13.2 Å². The van der Waals surface area contributed by atoms with Crippen molar-refractivity contribution in [2.75, 3.05) is 6.54 Å². The lowest BCUT2D eigenvalue weighted by Crippen LogP contribution is -2.02. The minimum atomic E-state index is -0.693. The molecular weight excluding hydrogens is 214 g/mol. The highest BCUT2D eigenvalue weighted by molar-refractivity contribution is 5.54. The largest absolute Gasteiger partial charge is 0.444 e. The standard InChI is InChI=1S/C11H10F2N2O/c12-7-1-2-9(10(13)5-7)11-15-8(3-4-14)6-16-11/h1-2,5-6H,3-4,14H2. The van der Waals surface area contributed by atoms with Gasteiger partial charge in [-0.3, -0.25) is 0 Å². The molecule has 0 saturated carbocycles. The highest BCUT2D eigenvalue weighted by atomic mass is 19.1. The molecule has 0 atom stereocenters. The van der Waals surface area contributed by atoms with Gasteiger partial charge < -0.3 is 10.2 Å². The molecule has 2 N–H and O–H groups in total. The Morgan fingerprint density at radius 1 is 1.31 bits per heavy atom. The zero-order valence-corrected chi connectivity index (χ0v) is 8.41. The van der Waals surface area contributed by atoms with E-state index < -0.39 is 11.6 Å². The average Bonchev–Trinajstić information content (AvgIpc) is 2.67. The Bertz CT molecular complexity index is 496. The van der Waals surface area contributed by atoms with Gasteiger partial charge in [0.25, 0.3) is 0 Å². The number of nitrogens with zero attached hydrogens (tertiary/aromatic N) is 1. The van der Waals surface area contributed by atoms with Crippen molar-refractivity contribution >= 4 is 0 Å². The number of hydrogen-bond donors (Lipinski definition) is 1. The Morgan fingerprint density at radius 3 is 2.81 bits per heavy atom. The lowest BCUT2D eigenvalue weighted by atomic mass is 10.2. The fourth-order valence-electron chi connectivity index (χ4n) is 1.36. The summed E-state index contributed by atoms with van der Waals surface area (Å²) in [6.45, 7) is 0.442. The molecule has 0 aliphatic rings. The van der Waals surface area contributed by atoms with Crippen LogP contribution in [0.2, 0.25) is 0 Å². The van der Waals surface area contributed by atoms with Crippen LogP contribution in [0.5, 0.6) is 0 Å². The number of rotatable bonds is 3. The third-order valence-corrected chi connectivity index (χ3v) is 2.11. The molecule has 1 aromatic carbocycles. The number of oxazole rings is 1. The van der Waals surface area contributed by atoms with E-state index in [4.69, 9.17) is 10.2 Å². The summed E-state index contributed by atoms with van der Waals surface area (Å²) in [7, 11) is 0. The van der Waals surface area contributed by atoms with E-state index in [9.17, 15) is 8.78 Å². The van der Waals surface area contributed by atoms with Gasteiger partial charge in [0.15, 0.2) is 0 Å². The lowest BCUT2D eigenvalue weighted by Gasteiger charge is -1.97. The van der Waals surface area contributed by atoms with Crippen LogP contribution >= 0.6 is 0 Å². The van der Waals surface area contributed by atoms with Crippen molar-refractivity contribution in [3.63, 3.8) is 0 Å². The molecule has 2 rings (SSSR count). The molecule has 0 spiro atoms. The van der Waals surface area contributed by atoms with Gasteiger partial charge in [0.2, 0.25) is 5.89 Å². The minimum Gasteiger partial charge on any atom is -0.444 e. The van der Waals surface area contributed by atoms with Crippen LogP contribution in [0.3, 0.4) is 0 Å². The van der Waals surface area contributed by atoms with Crippen LogP contribution in [0.1, 0.15) is 5.69 Å². The number of halogens is 2. The summed E-state index contributed by atoms with van der Waals surface area (Å²) in [6.07, 6.45) is 1.98. The topological polar surface area (TPSA) is 52.0 Å². The molecule has 3 nitrogen and oxygen atoms in total. The Hall–Kier alpha value is -1.75. The highest BCUT2D eigenvalue weighted by Crippen LogP contribution is 2.22. The minimum absolute atomic E-state index is 0.140. The smallest absolute Gasteiger partial charge is 0.229 e. The Labute approximate surface area is 90.9 Å². The maximum atomic E-state index is 13.4. The summed E-state index contributed by atoms with van der Waals surface area (Å²) in [6, 6.07) is 3.25. The summed E-state index contributed by atoms with van der Waals surface area (Å²) in [5, 5.41) is 0. The van der Waals surface area contributed by atoms with E-state index in [1.807, 2.05) is 0 Å². The number of aromatic nitrogens is 1. The van der Waals surface area contributed by atoms with Crippen LogP contribution in [0, 0.1) is 11.6 Å². The molecule has 84 valence electrons. The van der Waals surface area contributed by atoms with E-state index in [0.29, 0.717) is 18.7 Å². The van der Waals surface area contributed by atoms with Crippen molar-refractivity contribution in [3.8, 4) is 11.5 Å². The highest BCUT2D eigenvalue weighted by Gasteiger charge is 2.11. The second-order valence-electron chi connectivity index (χ2n) is 3.31. The Balaban J connectivity index is 2.35. The predicted octanol–water partition coefficient (Wildman–Crippen LogP) is 2.12. The fourth-order valence-corrected chi connectivity index (χ4v) is 1.36. The SMILES string of the molecule is NCCc1coc(-c2ccc(F)cc2F)n1.